The molecule has 0 bridgehead atoms. The molecule has 0 unspecified atom stereocenters. The van der Waals surface area contributed by atoms with E-state index in [0.717, 1.165) is 5.69 Å². The van der Waals surface area contributed by atoms with E-state index >= 15 is 0 Å². The summed E-state index contributed by atoms with van der Waals surface area (Å²) in [5, 5.41) is 14.7. The van der Waals surface area contributed by atoms with Gasteiger partial charge in [0.2, 0.25) is 0 Å². The van der Waals surface area contributed by atoms with Crippen LogP contribution in [0.5, 0.6) is 0 Å². The molecule has 0 aromatic carbocycles. The molecular weight excluding hydrogens is 168 g/mol. The smallest absolute Gasteiger partial charge is 0.309 e. The van der Waals surface area contributed by atoms with Gasteiger partial charge in [0.15, 0.2) is 0 Å². The van der Waals surface area contributed by atoms with E-state index < -0.39 is 5.97 Å². The van der Waals surface area contributed by atoms with Crippen LogP contribution in [0.25, 0.3) is 0 Å². The van der Waals surface area contributed by atoms with Crippen LogP contribution in [0.2, 0.25) is 0 Å². The maximum absolute atomic E-state index is 10.1. The standard InChI is InChI=1S/C6H8N2O2.ClH/c1-4-2-5(8-7-4)3-6(9)10;/h2H,3H2,1H3,(H,7,8)(H,9,10);1H. The Morgan fingerprint density at radius 1 is 1.82 bits per heavy atom. The number of halogens is 1. The molecule has 0 aliphatic rings. The minimum Gasteiger partial charge on any atom is -0.481 e. The van der Waals surface area contributed by atoms with Crippen LogP contribution in [0.4, 0.5) is 0 Å². The first kappa shape index (κ1) is 9.97. The SMILES string of the molecule is Cc1cc(CC(=O)O)n[nH]1.Cl. The average molecular weight is 177 g/mol. The van der Waals surface area contributed by atoms with E-state index in [2.05, 4.69) is 10.2 Å². The molecule has 0 radical (unpaired) electrons. The summed E-state index contributed by atoms with van der Waals surface area (Å²) in [4.78, 5) is 10.1. The summed E-state index contributed by atoms with van der Waals surface area (Å²) in [6.45, 7) is 1.83. The molecule has 0 saturated heterocycles. The van der Waals surface area contributed by atoms with Crippen molar-refractivity contribution < 1.29 is 9.90 Å². The number of carboxylic acids is 1. The highest BCUT2D eigenvalue weighted by Gasteiger charge is 2.02. The molecule has 11 heavy (non-hydrogen) atoms. The first-order valence-corrected chi connectivity index (χ1v) is 2.91. The molecule has 62 valence electrons. The first-order chi connectivity index (χ1) is 4.68. The lowest BCUT2D eigenvalue weighted by atomic mass is 10.3. The lowest BCUT2D eigenvalue weighted by molar-refractivity contribution is -0.136. The zero-order chi connectivity index (χ0) is 7.56. The fourth-order valence-electron chi connectivity index (χ4n) is 0.720. The van der Waals surface area contributed by atoms with E-state index in [0.29, 0.717) is 5.69 Å². The molecule has 0 aliphatic carbocycles. The maximum Gasteiger partial charge on any atom is 0.309 e. The molecule has 1 rings (SSSR count). The van der Waals surface area contributed by atoms with Gasteiger partial charge in [0.1, 0.15) is 0 Å². The van der Waals surface area contributed by atoms with Crippen molar-refractivity contribution in [1.29, 1.82) is 0 Å². The fourth-order valence-corrected chi connectivity index (χ4v) is 0.720. The third-order valence-corrected chi connectivity index (χ3v) is 1.09. The van der Waals surface area contributed by atoms with Crippen molar-refractivity contribution in [2.24, 2.45) is 0 Å². The van der Waals surface area contributed by atoms with Gasteiger partial charge in [-0.3, -0.25) is 9.89 Å². The number of carbonyl (C=O) groups is 1. The van der Waals surface area contributed by atoms with Crippen molar-refractivity contribution in [3.05, 3.63) is 17.5 Å². The zero-order valence-electron chi connectivity index (χ0n) is 6.00. The molecular formula is C6H9ClN2O2. The van der Waals surface area contributed by atoms with Gasteiger partial charge in [-0.25, -0.2) is 0 Å². The number of nitrogens with zero attached hydrogens (tertiary/aromatic N) is 1. The highest BCUT2D eigenvalue weighted by molar-refractivity contribution is 5.85. The minimum absolute atomic E-state index is 0. The second-order valence-corrected chi connectivity index (χ2v) is 2.11. The number of aryl methyl sites for hydroxylation is 1. The molecule has 0 saturated carbocycles. The van der Waals surface area contributed by atoms with Gasteiger partial charge in [-0.1, -0.05) is 0 Å². The minimum atomic E-state index is -0.855. The van der Waals surface area contributed by atoms with Crippen LogP contribution in [0.1, 0.15) is 11.4 Å². The van der Waals surface area contributed by atoms with Gasteiger partial charge in [0.25, 0.3) is 0 Å². The van der Waals surface area contributed by atoms with E-state index in [1.165, 1.54) is 0 Å². The van der Waals surface area contributed by atoms with Gasteiger partial charge in [-0.05, 0) is 13.0 Å². The topological polar surface area (TPSA) is 66.0 Å². The number of nitrogens with one attached hydrogen (secondary N) is 1. The monoisotopic (exact) mass is 176 g/mol. The number of rotatable bonds is 2. The molecule has 0 spiro atoms. The van der Waals surface area contributed by atoms with E-state index in [-0.39, 0.29) is 18.8 Å². The van der Waals surface area contributed by atoms with Crippen LogP contribution in [0, 0.1) is 6.92 Å². The Morgan fingerprint density at radius 2 is 2.45 bits per heavy atom. The highest BCUT2D eigenvalue weighted by Crippen LogP contribution is 1.97. The predicted molar refractivity (Wildman–Crippen MR) is 41.9 cm³/mol. The molecule has 0 amide bonds. The van der Waals surface area contributed by atoms with E-state index in [1.807, 2.05) is 6.92 Å². The van der Waals surface area contributed by atoms with Gasteiger partial charge in [-0.15, -0.1) is 12.4 Å². The van der Waals surface area contributed by atoms with Crippen molar-refractivity contribution >= 4 is 18.4 Å². The lowest BCUT2D eigenvalue weighted by Crippen LogP contribution is -1.99. The Morgan fingerprint density at radius 3 is 2.82 bits per heavy atom. The summed E-state index contributed by atoms with van der Waals surface area (Å²) < 4.78 is 0. The van der Waals surface area contributed by atoms with E-state index in [1.54, 1.807) is 6.07 Å². The number of aromatic amines is 1. The van der Waals surface area contributed by atoms with Gasteiger partial charge in [0, 0.05) is 5.69 Å². The van der Waals surface area contributed by atoms with Gasteiger partial charge >= 0.3 is 5.97 Å². The Hall–Kier alpha value is -1.03. The summed E-state index contributed by atoms with van der Waals surface area (Å²) in [6, 6.07) is 1.72. The molecule has 2 N–H and O–H groups in total. The van der Waals surface area contributed by atoms with Crippen LogP contribution < -0.4 is 0 Å². The molecule has 0 atom stereocenters. The predicted octanol–water partition coefficient (Wildman–Crippen LogP) is 0.767. The summed E-state index contributed by atoms with van der Waals surface area (Å²) in [5.74, 6) is -0.855. The Bertz CT molecular complexity index is 246. The third-order valence-electron chi connectivity index (χ3n) is 1.09. The van der Waals surface area contributed by atoms with E-state index in [4.69, 9.17) is 5.11 Å². The summed E-state index contributed by atoms with van der Waals surface area (Å²) >= 11 is 0. The van der Waals surface area contributed by atoms with Crippen LogP contribution >= 0.6 is 12.4 Å². The normalized spacial score (nSPS) is 8.82. The Balaban J connectivity index is 0.000001000. The fraction of sp³-hybridized carbons (Fsp3) is 0.333. The first-order valence-electron chi connectivity index (χ1n) is 2.91. The lowest BCUT2D eigenvalue weighted by Gasteiger charge is -1.84. The number of hydrogen-bond acceptors (Lipinski definition) is 2. The van der Waals surface area contributed by atoms with Crippen LogP contribution in [-0.2, 0) is 11.2 Å². The van der Waals surface area contributed by atoms with Crippen LogP contribution in [-0.4, -0.2) is 21.3 Å². The summed E-state index contributed by atoms with van der Waals surface area (Å²) in [6.07, 6.45) is -0.00958. The molecule has 0 fully saturated rings. The van der Waals surface area contributed by atoms with Crippen LogP contribution in [0.3, 0.4) is 0 Å². The Labute approximate surface area is 70.0 Å². The third kappa shape index (κ3) is 3.04. The average Bonchev–Trinajstić information content (AvgIpc) is 2.13. The van der Waals surface area contributed by atoms with Gasteiger partial charge in [-0.2, -0.15) is 5.10 Å². The number of carboxylic acid groups (broad SMARTS) is 1. The van der Waals surface area contributed by atoms with Gasteiger partial charge in [0.05, 0.1) is 12.1 Å². The largest absolute Gasteiger partial charge is 0.481 e. The molecule has 1 heterocycles. The molecule has 1 aromatic heterocycles. The molecule has 4 nitrogen and oxygen atoms in total. The molecule has 0 aliphatic heterocycles. The number of aromatic nitrogens is 2. The second kappa shape index (κ2) is 3.98. The van der Waals surface area contributed by atoms with E-state index in [9.17, 15) is 4.79 Å². The Kier molecular flexibility index (Phi) is 3.60. The summed E-state index contributed by atoms with van der Waals surface area (Å²) in [5.41, 5.74) is 1.46. The van der Waals surface area contributed by atoms with Crippen molar-refractivity contribution in [2.75, 3.05) is 0 Å². The number of H-pyrrole nitrogens is 1. The van der Waals surface area contributed by atoms with Crippen LogP contribution in [0.15, 0.2) is 6.07 Å². The van der Waals surface area contributed by atoms with Crippen molar-refractivity contribution in [3.63, 3.8) is 0 Å². The van der Waals surface area contributed by atoms with Crippen molar-refractivity contribution in [2.45, 2.75) is 13.3 Å². The summed E-state index contributed by atoms with van der Waals surface area (Å²) in [7, 11) is 0. The molecule has 5 heteroatoms. The number of aliphatic carboxylic acids is 1. The second-order valence-electron chi connectivity index (χ2n) is 2.11. The zero-order valence-corrected chi connectivity index (χ0v) is 6.81. The maximum atomic E-state index is 10.1. The van der Waals surface area contributed by atoms with Crippen molar-refractivity contribution in [1.82, 2.24) is 10.2 Å². The van der Waals surface area contributed by atoms with Crippen molar-refractivity contribution in [3.8, 4) is 0 Å². The number of hydrogen-bond donors (Lipinski definition) is 2. The van der Waals surface area contributed by atoms with Gasteiger partial charge < -0.3 is 5.11 Å². The quantitative estimate of drug-likeness (QED) is 0.700. The molecule has 1 aromatic rings. The highest BCUT2D eigenvalue weighted by atomic mass is 35.5.